The Kier molecular flexibility index (Phi) is 2.41. The summed E-state index contributed by atoms with van der Waals surface area (Å²) < 4.78 is 2.36. The van der Waals surface area contributed by atoms with Gasteiger partial charge in [-0.2, -0.15) is 4.57 Å². The van der Waals surface area contributed by atoms with Gasteiger partial charge in [0.25, 0.3) is 16.6 Å². The molecule has 1 aliphatic heterocycles. The Morgan fingerprint density at radius 2 is 2.00 bits per heavy atom. The van der Waals surface area contributed by atoms with Crippen molar-refractivity contribution in [2.45, 2.75) is 26.0 Å². The molecule has 1 N–H and O–H groups in total. The molecular formula is C10H15N4O3+. The Hall–Kier alpha value is -1.92. The molecule has 1 atom stereocenters. The molecule has 7 nitrogen and oxygen atoms in total. The van der Waals surface area contributed by atoms with E-state index in [4.69, 9.17) is 4.84 Å². The van der Waals surface area contributed by atoms with Crippen LogP contribution in [-0.4, -0.2) is 14.9 Å². The molecular weight excluding hydrogens is 224 g/mol. The number of nitrogens with zero attached hydrogens (tertiary/aromatic N) is 3. The third-order valence-corrected chi connectivity index (χ3v) is 3.04. The summed E-state index contributed by atoms with van der Waals surface area (Å²) in [4.78, 5) is 31.9. The van der Waals surface area contributed by atoms with E-state index in [1.54, 1.807) is 14.0 Å². The molecule has 2 rings (SSSR count). The molecule has 0 aromatic carbocycles. The van der Waals surface area contributed by atoms with Gasteiger partial charge in [-0.3, -0.25) is 4.79 Å². The van der Waals surface area contributed by atoms with Crippen molar-refractivity contribution in [3.8, 4) is 0 Å². The first-order valence-corrected chi connectivity index (χ1v) is 5.37. The third-order valence-electron chi connectivity index (χ3n) is 3.04. The molecule has 92 valence electrons. The second-order valence-electron chi connectivity index (χ2n) is 4.29. The summed E-state index contributed by atoms with van der Waals surface area (Å²) in [6, 6.07) is 0. The van der Waals surface area contributed by atoms with Crippen molar-refractivity contribution in [3.05, 3.63) is 31.7 Å². The van der Waals surface area contributed by atoms with E-state index in [0.29, 0.717) is 11.9 Å². The van der Waals surface area contributed by atoms with Crippen molar-refractivity contribution in [2.75, 3.05) is 0 Å². The van der Waals surface area contributed by atoms with Crippen LogP contribution in [0.5, 0.6) is 0 Å². The van der Waals surface area contributed by atoms with Crippen molar-refractivity contribution in [2.24, 2.45) is 19.3 Å². The van der Waals surface area contributed by atoms with Crippen LogP contribution < -0.4 is 27.1 Å². The summed E-state index contributed by atoms with van der Waals surface area (Å²) in [6.07, 6.45) is 0.652. The van der Waals surface area contributed by atoms with Crippen LogP contribution in [0.4, 0.5) is 0 Å². The number of rotatable bonds is 1. The van der Waals surface area contributed by atoms with E-state index < -0.39 is 17.0 Å². The summed E-state index contributed by atoms with van der Waals surface area (Å²) in [5, 5.41) is 3.95. The van der Waals surface area contributed by atoms with Gasteiger partial charge in [0, 0.05) is 20.4 Å². The zero-order valence-corrected chi connectivity index (χ0v) is 10.3. The van der Waals surface area contributed by atoms with Gasteiger partial charge >= 0.3 is 11.2 Å². The van der Waals surface area contributed by atoms with E-state index in [9.17, 15) is 9.59 Å². The maximum Gasteiger partial charge on any atom is 0.418 e. The maximum atomic E-state index is 11.8. The predicted octanol–water partition coefficient (Wildman–Crippen LogP) is -3.52. The highest BCUT2D eigenvalue weighted by molar-refractivity contribution is 4.84. The quantitative estimate of drug-likeness (QED) is 0.551. The fourth-order valence-corrected chi connectivity index (χ4v) is 1.62. The Morgan fingerprint density at radius 1 is 1.35 bits per heavy atom. The number of fused-ring (bicyclic) bond motifs is 1. The zero-order chi connectivity index (χ0) is 12.8. The van der Waals surface area contributed by atoms with Gasteiger partial charge in [0.2, 0.25) is 0 Å². The third kappa shape index (κ3) is 1.58. The summed E-state index contributed by atoms with van der Waals surface area (Å²) in [7, 11) is 3.00. The van der Waals surface area contributed by atoms with Crippen LogP contribution in [0.3, 0.4) is 0 Å². The number of hydrogen-bond acceptors (Lipinski definition) is 4. The van der Waals surface area contributed by atoms with E-state index in [1.807, 2.05) is 6.92 Å². The normalized spacial score (nSPS) is 22.1. The SMILES string of the molecule is CC[C@@]1(C)[NH+]=c2c(c(=O)n(C)c(=O)n2C)=NO1. The fraction of sp³-hybridized carbons (Fsp3) is 0.600. The lowest BCUT2D eigenvalue weighted by Crippen LogP contribution is -2.96. The minimum absolute atomic E-state index is 0.125. The number of aromatic nitrogens is 2. The highest BCUT2D eigenvalue weighted by Gasteiger charge is 2.30. The molecule has 1 aliphatic rings. The first kappa shape index (κ1) is 11.6. The van der Waals surface area contributed by atoms with E-state index >= 15 is 0 Å². The van der Waals surface area contributed by atoms with Gasteiger partial charge in [-0.05, 0) is 0 Å². The van der Waals surface area contributed by atoms with Crippen LogP contribution in [0.2, 0.25) is 0 Å². The topological polar surface area (TPSA) is 79.6 Å². The number of nitrogens with one attached hydrogen (secondary N) is 1. The van der Waals surface area contributed by atoms with Gasteiger partial charge in [0.1, 0.15) is 0 Å². The van der Waals surface area contributed by atoms with Gasteiger partial charge in [0.15, 0.2) is 0 Å². The molecule has 0 spiro atoms. The second-order valence-corrected chi connectivity index (χ2v) is 4.29. The Labute approximate surface area is 96.7 Å². The van der Waals surface area contributed by atoms with E-state index in [-0.39, 0.29) is 5.36 Å². The summed E-state index contributed by atoms with van der Waals surface area (Å²) >= 11 is 0. The van der Waals surface area contributed by atoms with Crippen LogP contribution >= 0.6 is 0 Å². The monoisotopic (exact) mass is 239 g/mol. The lowest BCUT2D eigenvalue weighted by Gasteiger charge is -2.20. The molecule has 17 heavy (non-hydrogen) atoms. The summed E-state index contributed by atoms with van der Waals surface area (Å²) in [5.41, 5.74) is -1.15. The molecule has 2 heterocycles. The lowest BCUT2D eigenvalue weighted by atomic mass is 10.2. The van der Waals surface area contributed by atoms with Crippen LogP contribution in [-0.2, 0) is 18.9 Å². The molecule has 0 fully saturated rings. The molecule has 0 saturated carbocycles. The van der Waals surface area contributed by atoms with Crippen LogP contribution in [0, 0.1) is 0 Å². The maximum absolute atomic E-state index is 11.8. The van der Waals surface area contributed by atoms with Crippen molar-refractivity contribution in [3.63, 3.8) is 0 Å². The minimum Gasteiger partial charge on any atom is -0.344 e. The molecule has 0 unspecified atom stereocenters. The lowest BCUT2D eigenvalue weighted by molar-refractivity contribution is -0.657. The Morgan fingerprint density at radius 3 is 2.59 bits per heavy atom. The highest BCUT2D eigenvalue weighted by atomic mass is 16.7. The van der Waals surface area contributed by atoms with Crippen LogP contribution in [0.1, 0.15) is 20.3 Å². The molecule has 0 aliphatic carbocycles. The van der Waals surface area contributed by atoms with Gasteiger partial charge in [-0.25, -0.2) is 14.4 Å². The second kappa shape index (κ2) is 3.54. The van der Waals surface area contributed by atoms with Gasteiger partial charge in [-0.15, -0.1) is 0 Å². The van der Waals surface area contributed by atoms with Crippen molar-refractivity contribution in [1.29, 1.82) is 0 Å². The molecule has 0 amide bonds. The Bertz CT molecular complexity index is 700. The Balaban J connectivity index is 2.99. The van der Waals surface area contributed by atoms with Crippen LogP contribution in [0.25, 0.3) is 0 Å². The molecule has 7 heteroatoms. The summed E-state index contributed by atoms with van der Waals surface area (Å²) in [6.45, 7) is 3.73. The minimum atomic E-state index is -0.691. The zero-order valence-electron chi connectivity index (χ0n) is 10.3. The van der Waals surface area contributed by atoms with Crippen LogP contribution in [0.15, 0.2) is 14.7 Å². The highest BCUT2D eigenvalue weighted by Crippen LogP contribution is 2.03. The standard InChI is InChI=1S/C10H14N4O3/c1-5-10(2)11-7-6(12-17-10)8(15)14(4)9(16)13(7)3/h5H2,1-4H3/p+1/t10-/m0/s1. The average molecular weight is 239 g/mol. The van der Waals surface area contributed by atoms with Gasteiger partial charge < -0.3 is 4.84 Å². The molecule has 0 bridgehead atoms. The first-order chi connectivity index (χ1) is 7.89. The van der Waals surface area contributed by atoms with Crippen molar-refractivity contribution >= 4 is 0 Å². The van der Waals surface area contributed by atoms with Gasteiger partial charge in [-0.1, -0.05) is 12.1 Å². The van der Waals surface area contributed by atoms with E-state index in [1.165, 1.54) is 11.6 Å². The van der Waals surface area contributed by atoms with Gasteiger partial charge in [0.05, 0.1) is 7.05 Å². The molecule has 1 aromatic heterocycles. The molecule has 1 aromatic rings. The molecule has 0 radical (unpaired) electrons. The van der Waals surface area contributed by atoms with E-state index in [0.717, 1.165) is 4.57 Å². The summed E-state index contributed by atoms with van der Waals surface area (Å²) in [5.74, 6) is 0. The largest absolute Gasteiger partial charge is 0.418 e. The number of hydrogen-bond donors (Lipinski definition) is 1. The molecule has 0 saturated heterocycles. The van der Waals surface area contributed by atoms with E-state index in [2.05, 4.69) is 10.1 Å². The fourth-order valence-electron chi connectivity index (χ4n) is 1.62. The average Bonchev–Trinajstić information content (AvgIpc) is 2.33. The van der Waals surface area contributed by atoms with Crippen molar-refractivity contribution in [1.82, 2.24) is 9.13 Å². The van der Waals surface area contributed by atoms with Crippen molar-refractivity contribution < 1.29 is 9.83 Å². The smallest absolute Gasteiger partial charge is 0.344 e. The first-order valence-electron chi connectivity index (χ1n) is 5.37. The predicted molar refractivity (Wildman–Crippen MR) is 57.6 cm³/mol.